The molecule has 2 fully saturated rings. The second-order valence-electron chi connectivity index (χ2n) is 5.47. The third kappa shape index (κ3) is 2.84. The number of H-pyrrole nitrogens is 1. The monoisotopic (exact) mass is 280 g/mol. The fourth-order valence-corrected chi connectivity index (χ4v) is 3.01. The van der Waals surface area contributed by atoms with E-state index in [4.69, 9.17) is 9.84 Å². The Morgan fingerprint density at radius 2 is 2.50 bits per heavy atom. The highest BCUT2D eigenvalue weighted by Crippen LogP contribution is 2.24. The number of carbonyl (C=O) groups is 1. The van der Waals surface area contributed by atoms with Gasteiger partial charge in [0, 0.05) is 38.0 Å². The number of fused-ring (bicyclic) bond motifs is 1. The lowest BCUT2D eigenvalue weighted by Crippen LogP contribution is -2.46. The molecule has 0 aliphatic carbocycles. The van der Waals surface area contributed by atoms with Gasteiger partial charge in [-0.3, -0.25) is 14.8 Å². The third-order valence-corrected chi connectivity index (χ3v) is 4.04. The second kappa shape index (κ2) is 5.90. The molecule has 0 spiro atoms. The first kappa shape index (κ1) is 13.5. The van der Waals surface area contributed by atoms with Crippen LogP contribution in [0.3, 0.4) is 0 Å². The van der Waals surface area contributed by atoms with Crippen molar-refractivity contribution in [2.24, 2.45) is 0 Å². The van der Waals surface area contributed by atoms with Crippen molar-refractivity contribution in [1.29, 1.82) is 0 Å². The molecule has 0 saturated carbocycles. The maximum Gasteiger partial charge on any atom is 0.254 e. The first-order valence-corrected chi connectivity index (χ1v) is 7.02. The molecule has 3 atom stereocenters. The number of ether oxygens (including phenoxy) is 1. The fourth-order valence-electron chi connectivity index (χ4n) is 3.01. The molecular formula is C13H20N4O3. The second-order valence-corrected chi connectivity index (χ2v) is 5.47. The van der Waals surface area contributed by atoms with E-state index in [1.54, 1.807) is 6.20 Å². The Morgan fingerprint density at radius 1 is 1.60 bits per heavy atom. The summed E-state index contributed by atoms with van der Waals surface area (Å²) in [4.78, 5) is 14.3. The van der Waals surface area contributed by atoms with E-state index in [1.807, 2.05) is 0 Å². The van der Waals surface area contributed by atoms with E-state index < -0.39 is 0 Å². The molecule has 2 aliphatic heterocycles. The van der Waals surface area contributed by atoms with Gasteiger partial charge in [-0.05, 0) is 12.8 Å². The van der Waals surface area contributed by atoms with Crippen molar-refractivity contribution in [1.82, 2.24) is 20.4 Å². The largest absolute Gasteiger partial charge is 0.396 e. The average molecular weight is 280 g/mol. The minimum absolute atomic E-state index is 0.0866. The number of hydrogen-bond donors (Lipinski definition) is 3. The van der Waals surface area contributed by atoms with Gasteiger partial charge in [-0.1, -0.05) is 0 Å². The van der Waals surface area contributed by atoms with Crippen molar-refractivity contribution in [2.45, 2.75) is 31.0 Å². The van der Waals surface area contributed by atoms with E-state index in [0.29, 0.717) is 24.6 Å². The van der Waals surface area contributed by atoms with Crippen LogP contribution in [0.15, 0.2) is 12.4 Å². The first-order valence-electron chi connectivity index (χ1n) is 7.02. The van der Waals surface area contributed by atoms with Gasteiger partial charge in [0.15, 0.2) is 0 Å². The number of carbonyl (C=O) groups excluding carboxylic acids is 1. The van der Waals surface area contributed by atoms with Gasteiger partial charge in [-0.2, -0.15) is 5.10 Å². The molecule has 2 saturated heterocycles. The number of hydrogen-bond acceptors (Lipinski definition) is 5. The highest BCUT2D eigenvalue weighted by Gasteiger charge is 2.37. The first-order chi connectivity index (χ1) is 9.76. The molecular weight excluding hydrogens is 260 g/mol. The molecule has 3 heterocycles. The summed E-state index contributed by atoms with van der Waals surface area (Å²) >= 11 is 0. The minimum atomic E-state index is -0.0866. The van der Waals surface area contributed by atoms with E-state index in [1.165, 1.54) is 6.20 Å². The van der Waals surface area contributed by atoms with Crippen LogP contribution in [0.5, 0.6) is 0 Å². The van der Waals surface area contributed by atoms with Gasteiger partial charge in [0.05, 0.1) is 24.5 Å². The van der Waals surface area contributed by atoms with Gasteiger partial charge in [-0.15, -0.1) is 0 Å². The Morgan fingerprint density at radius 3 is 3.25 bits per heavy atom. The molecule has 0 radical (unpaired) electrons. The quantitative estimate of drug-likeness (QED) is 0.683. The van der Waals surface area contributed by atoms with Crippen molar-refractivity contribution in [3.63, 3.8) is 0 Å². The Kier molecular flexibility index (Phi) is 4.00. The number of nitrogens with zero attached hydrogens (tertiary/aromatic N) is 2. The SMILES string of the molecule is O=C(N[C@H]1C[C@H]2CO[C@@H](CCO)CN2C1)c1cn[nH]c1. The van der Waals surface area contributed by atoms with E-state index in [2.05, 4.69) is 20.4 Å². The van der Waals surface area contributed by atoms with Crippen LogP contribution in [0.1, 0.15) is 23.2 Å². The standard InChI is InChI=1S/C13H20N4O3/c18-2-1-12-7-17-6-10(3-11(17)8-20-12)16-13(19)9-4-14-15-5-9/h4-5,10-12,18H,1-3,6-8H2,(H,14,15)(H,16,19)/t10-,11-,12-/m0/s1. The molecule has 1 aromatic rings. The van der Waals surface area contributed by atoms with E-state index >= 15 is 0 Å². The Hall–Kier alpha value is -1.44. The summed E-state index contributed by atoms with van der Waals surface area (Å²) in [7, 11) is 0. The molecule has 1 amide bonds. The molecule has 0 unspecified atom stereocenters. The smallest absolute Gasteiger partial charge is 0.254 e. The normalized spacial score (nSPS) is 30.1. The van der Waals surface area contributed by atoms with Crippen molar-refractivity contribution in [3.05, 3.63) is 18.0 Å². The predicted octanol–water partition coefficient (Wildman–Crippen LogP) is -0.636. The maximum absolute atomic E-state index is 12.0. The number of aliphatic hydroxyl groups is 1. The highest BCUT2D eigenvalue weighted by molar-refractivity contribution is 5.93. The van der Waals surface area contributed by atoms with Crippen LogP contribution in [-0.4, -0.2) is 70.6 Å². The zero-order valence-electron chi connectivity index (χ0n) is 11.3. The molecule has 0 bridgehead atoms. The Labute approximate surface area is 117 Å². The summed E-state index contributed by atoms with van der Waals surface area (Å²) in [5, 5.41) is 18.4. The van der Waals surface area contributed by atoms with Crippen LogP contribution < -0.4 is 5.32 Å². The summed E-state index contributed by atoms with van der Waals surface area (Å²) in [5.74, 6) is -0.0866. The number of aromatic amines is 1. The minimum Gasteiger partial charge on any atom is -0.396 e. The number of rotatable bonds is 4. The molecule has 3 rings (SSSR count). The van der Waals surface area contributed by atoms with Crippen LogP contribution in [0, 0.1) is 0 Å². The summed E-state index contributed by atoms with van der Waals surface area (Å²) in [6, 6.07) is 0.526. The maximum atomic E-state index is 12.0. The Bertz CT molecular complexity index is 450. The van der Waals surface area contributed by atoms with E-state index in [9.17, 15) is 4.79 Å². The highest BCUT2D eigenvalue weighted by atomic mass is 16.5. The zero-order valence-corrected chi connectivity index (χ0v) is 11.3. The van der Waals surface area contributed by atoms with Gasteiger partial charge < -0.3 is 15.2 Å². The van der Waals surface area contributed by atoms with Crippen molar-refractivity contribution in [3.8, 4) is 0 Å². The molecule has 3 N–H and O–H groups in total. The molecule has 0 aromatic carbocycles. The lowest BCUT2D eigenvalue weighted by Gasteiger charge is -2.34. The fraction of sp³-hybridized carbons (Fsp3) is 0.692. The van der Waals surface area contributed by atoms with Crippen molar-refractivity contribution >= 4 is 5.91 Å². The Balaban J connectivity index is 1.53. The molecule has 20 heavy (non-hydrogen) atoms. The summed E-state index contributed by atoms with van der Waals surface area (Å²) in [6.07, 6.45) is 4.82. The third-order valence-electron chi connectivity index (χ3n) is 4.04. The van der Waals surface area contributed by atoms with Crippen molar-refractivity contribution < 1.29 is 14.6 Å². The number of nitrogens with one attached hydrogen (secondary N) is 2. The van der Waals surface area contributed by atoms with Crippen LogP contribution in [0.25, 0.3) is 0 Å². The lowest BCUT2D eigenvalue weighted by molar-refractivity contribution is -0.0566. The molecule has 7 heteroatoms. The number of amides is 1. The lowest BCUT2D eigenvalue weighted by atomic mass is 10.1. The number of morpholine rings is 1. The van der Waals surface area contributed by atoms with Gasteiger partial charge in [-0.25, -0.2) is 0 Å². The molecule has 110 valence electrons. The van der Waals surface area contributed by atoms with Gasteiger partial charge in [0.2, 0.25) is 0 Å². The number of aliphatic hydroxyl groups excluding tert-OH is 1. The average Bonchev–Trinajstić information content (AvgIpc) is 3.06. The van der Waals surface area contributed by atoms with Gasteiger partial charge in [0.25, 0.3) is 5.91 Å². The van der Waals surface area contributed by atoms with Crippen LogP contribution in [0.2, 0.25) is 0 Å². The summed E-state index contributed by atoms with van der Waals surface area (Å²) in [6.45, 7) is 2.52. The molecule has 1 aromatic heterocycles. The van der Waals surface area contributed by atoms with E-state index in [-0.39, 0.29) is 24.7 Å². The predicted molar refractivity (Wildman–Crippen MR) is 71.3 cm³/mol. The van der Waals surface area contributed by atoms with Crippen LogP contribution in [-0.2, 0) is 4.74 Å². The molecule has 7 nitrogen and oxygen atoms in total. The van der Waals surface area contributed by atoms with Crippen LogP contribution in [0.4, 0.5) is 0 Å². The topological polar surface area (TPSA) is 90.5 Å². The van der Waals surface area contributed by atoms with E-state index in [0.717, 1.165) is 19.5 Å². The molecule has 2 aliphatic rings. The van der Waals surface area contributed by atoms with Gasteiger partial charge in [0.1, 0.15) is 0 Å². The van der Waals surface area contributed by atoms with Gasteiger partial charge >= 0.3 is 0 Å². The van der Waals surface area contributed by atoms with Crippen LogP contribution >= 0.6 is 0 Å². The van der Waals surface area contributed by atoms with Crippen molar-refractivity contribution in [2.75, 3.05) is 26.3 Å². The zero-order chi connectivity index (χ0) is 13.9. The summed E-state index contributed by atoms with van der Waals surface area (Å²) in [5.41, 5.74) is 0.560. The summed E-state index contributed by atoms with van der Waals surface area (Å²) < 4.78 is 5.73. The number of aromatic nitrogens is 2.